The van der Waals surface area contributed by atoms with E-state index in [4.69, 9.17) is 25.8 Å². The van der Waals surface area contributed by atoms with Crippen LogP contribution in [0, 0.1) is 6.92 Å². The number of carbonyl (C=O) groups is 2. The number of rotatable bonds is 11. The molecule has 12 heteroatoms. The number of fused-ring (bicyclic) bond motifs is 1. The molecule has 0 fully saturated rings. The average Bonchev–Trinajstić information content (AvgIpc) is 3.37. The molecule has 0 amide bonds. The zero-order valence-corrected chi connectivity index (χ0v) is 26.2. The summed E-state index contributed by atoms with van der Waals surface area (Å²) in [5, 5.41) is 4.28. The Morgan fingerprint density at radius 2 is 1.64 bits per heavy atom. The third kappa shape index (κ3) is 9.31. The monoisotopic (exact) mass is 646 g/mol. The third-order valence-corrected chi connectivity index (χ3v) is 6.80. The van der Waals surface area contributed by atoms with Crippen molar-refractivity contribution in [2.75, 3.05) is 19.0 Å². The number of hydrogen-bond acceptors (Lipinski definition) is 7. The second-order valence-corrected chi connectivity index (χ2v) is 11.7. The fourth-order valence-electron chi connectivity index (χ4n) is 4.68. The average molecular weight is 647 g/mol. The van der Waals surface area contributed by atoms with Gasteiger partial charge in [0.2, 0.25) is 0 Å². The highest BCUT2D eigenvalue weighted by atomic mass is 35.5. The zero-order valence-electron chi connectivity index (χ0n) is 25.5. The lowest BCUT2D eigenvalue weighted by Gasteiger charge is -2.22. The standard InChI is InChI=1S/C33H34ClF3N2O6/c1-20-15-26(44-33(35,36)37)19-28-27(20)12-13-39(28)31(41)30(21-8-10-22(34)11-9-21)38-23-16-24(42-5)18-25(17-23)43-14-6-7-29(40)45-32(2,3)4/h8-13,15-19,30,38H,6-7,14H2,1-5H3. The van der Waals surface area contributed by atoms with Gasteiger partial charge in [-0.05, 0) is 69.5 Å². The van der Waals surface area contributed by atoms with Gasteiger partial charge in [-0.25, -0.2) is 0 Å². The fraction of sp³-hybridized carbons (Fsp3) is 0.333. The predicted molar refractivity (Wildman–Crippen MR) is 165 cm³/mol. The van der Waals surface area contributed by atoms with E-state index in [1.54, 1.807) is 76.2 Å². The van der Waals surface area contributed by atoms with Crippen molar-refractivity contribution in [2.45, 2.75) is 58.5 Å². The van der Waals surface area contributed by atoms with Gasteiger partial charge in [0.15, 0.2) is 0 Å². The van der Waals surface area contributed by atoms with Gasteiger partial charge in [0, 0.05) is 53.0 Å². The van der Waals surface area contributed by atoms with Gasteiger partial charge < -0.3 is 24.3 Å². The number of alkyl halides is 3. The number of halogens is 4. The molecule has 0 saturated heterocycles. The maximum atomic E-state index is 14.1. The first-order chi connectivity index (χ1) is 21.1. The van der Waals surface area contributed by atoms with E-state index in [-0.39, 0.29) is 24.5 Å². The molecule has 4 aromatic rings. The van der Waals surface area contributed by atoms with Crippen LogP contribution in [0.1, 0.15) is 55.6 Å². The molecule has 0 bridgehead atoms. The summed E-state index contributed by atoms with van der Waals surface area (Å²) in [6.07, 6.45) is -2.79. The van der Waals surface area contributed by atoms with Crippen LogP contribution >= 0.6 is 11.6 Å². The molecule has 0 saturated carbocycles. The van der Waals surface area contributed by atoms with Crippen LogP contribution in [0.4, 0.5) is 18.9 Å². The summed E-state index contributed by atoms with van der Waals surface area (Å²) in [5.74, 6) is -0.357. The highest BCUT2D eigenvalue weighted by Gasteiger charge is 2.32. The SMILES string of the molecule is COc1cc(NC(C(=O)n2ccc3c(C)cc(OC(F)(F)F)cc32)c2ccc(Cl)cc2)cc(OCCCC(=O)OC(C)(C)C)c1. The first kappa shape index (κ1) is 33.5. The summed E-state index contributed by atoms with van der Waals surface area (Å²) < 4.78 is 61.1. The molecule has 0 aliphatic carbocycles. The first-order valence-electron chi connectivity index (χ1n) is 14.1. The number of esters is 1. The van der Waals surface area contributed by atoms with Gasteiger partial charge >= 0.3 is 12.3 Å². The van der Waals surface area contributed by atoms with Gasteiger partial charge in [0.05, 0.1) is 19.2 Å². The van der Waals surface area contributed by atoms with E-state index < -0.39 is 29.7 Å². The predicted octanol–water partition coefficient (Wildman–Crippen LogP) is 8.50. The topological polar surface area (TPSA) is 88.0 Å². The number of aromatic nitrogens is 1. The second-order valence-electron chi connectivity index (χ2n) is 11.3. The summed E-state index contributed by atoms with van der Waals surface area (Å²) in [5.41, 5.74) is 1.20. The summed E-state index contributed by atoms with van der Waals surface area (Å²) in [4.78, 5) is 26.2. The molecule has 8 nitrogen and oxygen atoms in total. The number of benzene rings is 3. The van der Waals surface area contributed by atoms with E-state index in [9.17, 15) is 22.8 Å². The van der Waals surface area contributed by atoms with Crippen molar-refractivity contribution in [3.8, 4) is 17.2 Å². The fourth-order valence-corrected chi connectivity index (χ4v) is 4.81. The van der Waals surface area contributed by atoms with E-state index in [0.29, 0.717) is 45.1 Å². The van der Waals surface area contributed by atoms with Gasteiger partial charge in [-0.1, -0.05) is 23.7 Å². The summed E-state index contributed by atoms with van der Waals surface area (Å²) in [6.45, 7) is 7.26. The number of nitrogens with zero attached hydrogens (tertiary/aromatic N) is 1. The molecule has 4 rings (SSSR count). The Hall–Kier alpha value is -4.38. The molecule has 1 atom stereocenters. The lowest BCUT2D eigenvalue weighted by atomic mass is 10.0. The van der Waals surface area contributed by atoms with Crippen LogP contribution in [0.2, 0.25) is 5.02 Å². The number of hydrogen-bond donors (Lipinski definition) is 1. The van der Waals surface area contributed by atoms with Crippen LogP contribution in [-0.2, 0) is 9.53 Å². The van der Waals surface area contributed by atoms with Gasteiger partial charge in [0.1, 0.15) is 28.9 Å². The first-order valence-corrected chi connectivity index (χ1v) is 14.5. The van der Waals surface area contributed by atoms with E-state index >= 15 is 0 Å². The second kappa shape index (κ2) is 13.7. The van der Waals surface area contributed by atoms with E-state index in [0.717, 1.165) is 0 Å². The Kier molecular flexibility index (Phi) is 10.2. The van der Waals surface area contributed by atoms with Crippen molar-refractivity contribution in [1.29, 1.82) is 0 Å². The molecule has 0 aliphatic rings. The molecule has 0 aliphatic heterocycles. The number of aryl methyl sites for hydroxylation is 1. The largest absolute Gasteiger partial charge is 0.573 e. The zero-order chi connectivity index (χ0) is 32.9. The summed E-state index contributed by atoms with van der Waals surface area (Å²) in [6, 6.07) is 14.8. The Bertz CT molecular complexity index is 1660. The molecule has 45 heavy (non-hydrogen) atoms. The van der Waals surface area contributed by atoms with Crippen LogP contribution in [0.3, 0.4) is 0 Å². The molecular formula is C33H34ClF3N2O6. The molecule has 3 aromatic carbocycles. The highest BCUT2D eigenvalue weighted by Crippen LogP contribution is 2.33. The van der Waals surface area contributed by atoms with Crippen molar-refractivity contribution >= 4 is 40.1 Å². The Labute approximate surface area is 264 Å². The Morgan fingerprint density at radius 3 is 2.29 bits per heavy atom. The van der Waals surface area contributed by atoms with Crippen molar-refractivity contribution in [3.63, 3.8) is 0 Å². The Morgan fingerprint density at radius 1 is 0.956 bits per heavy atom. The summed E-state index contributed by atoms with van der Waals surface area (Å²) in [7, 11) is 1.49. The van der Waals surface area contributed by atoms with E-state index in [2.05, 4.69) is 10.1 Å². The lowest BCUT2D eigenvalue weighted by molar-refractivity contribution is -0.274. The number of ether oxygens (including phenoxy) is 4. The minimum Gasteiger partial charge on any atom is -0.497 e. The minimum absolute atomic E-state index is 0.180. The van der Waals surface area contributed by atoms with Gasteiger partial charge in [-0.2, -0.15) is 0 Å². The van der Waals surface area contributed by atoms with E-state index in [1.165, 1.54) is 30.0 Å². The van der Waals surface area contributed by atoms with Crippen LogP contribution in [0.5, 0.6) is 17.2 Å². The van der Waals surface area contributed by atoms with Gasteiger partial charge in [0.25, 0.3) is 5.91 Å². The Balaban J connectivity index is 1.62. The number of carbonyl (C=O) groups excluding carboxylic acids is 2. The van der Waals surface area contributed by atoms with Crippen LogP contribution in [0.15, 0.2) is 66.9 Å². The van der Waals surface area contributed by atoms with E-state index in [1.807, 2.05) is 0 Å². The number of nitrogens with one attached hydrogen (secondary N) is 1. The maximum absolute atomic E-state index is 14.1. The summed E-state index contributed by atoms with van der Waals surface area (Å²) >= 11 is 6.11. The maximum Gasteiger partial charge on any atom is 0.573 e. The van der Waals surface area contributed by atoms with Gasteiger partial charge in [-0.3, -0.25) is 14.2 Å². The molecule has 0 spiro atoms. The van der Waals surface area contributed by atoms with Gasteiger partial charge in [-0.15, -0.1) is 13.2 Å². The molecular weight excluding hydrogens is 613 g/mol. The molecule has 1 unspecified atom stereocenters. The van der Waals surface area contributed by atoms with Crippen molar-refractivity contribution in [3.05, 3.63) is 83.0 Å². The molecule has 1 aromatic heterocycles. The highest BCUT2D eigenvalue weighted by molar-refractivity contribution is 6.30. The van der Waals surface area contributed by atoms with Crippen molar-refractivity contribution < 1.29 is 41.7 Å². The van der Waals surface area contributed by atoms with Crippen LogP contribution in [0.25, 0.3) is 10.9 Å². The molecule has 0 radical (unpaired) electrons. The number of anilines is 1. The van der Waals surface area contributed by atoms with Crippen LogP contribution in [-0.4, -0.2) is 42.1 Å². The molecule has 240 valence electrons. The van der Waals surface area contributed by atoms with Crippen molar-refractivity contribution in [1.82, 2.24) is 4.57 Å². The van der Waals surface area contributed by atoms with Crippen LogP contribution < -0.4 is 19.5 Å². The normalized spacial score (nSPS) is 12.5. The lowest BCUT2D eigenvalue weighted by Crippen LogP contribution is -2.26. The van der Waals surface area contributed by atoms with Crippen molar-refractivity contribution in [2.24, 2.45) is 0 Å². The molecule has 1 N–H and O–H groups in total. The number of methoxy groups -OCH3 is 1. The molecule has 1 heterocycles. The minimum atomic E-state index is -4.89. The smallest absolute Gasteiger partial charge is 0.497 e. The third-order valence-electron chi connectivity index (χ3n) is 6.55. The quantitative estimate of drug-likeness (QED) is 0.129.